The molecule has 6 heteroatoms. The van der Waals surface area contributed by atoms with E-state index >= 15 is 0 Å². The summed E-state index contributed by atoms with van der Waals surface area (Å²) in [5.41, 5.74) is 4.21. The first-order valence-electron chi connectivity index (χ1n) is 9.63. The number of carbonyl (C=O) groups excluding carboxylic acids is 1. The van der Waals surface area contributed by atoms with Crippen molar-refractivity contribution in [1.29, 1.82) is 0 Å². The largest absolute Gasteiger partial charge is 0.396 e. The highest BCUT2D eigenvalue weighted by molar-refractivity contribution is 5.79. The Morgan fingerprint density at radius 1 is 1.30 bits per heavy atom. The van der Waals surface area contributed by atoms with Crippen LogP contribution < -0.4 is 5.32 Å². The molecule has 2 N–H and O–H groups in total. The first-order valence-corrected chi connectivity index (χ1v) is 9.63. The lowest BCUT2D eigenvalue weighted by Crippen LogP contribution is -2.52. The fraction of sp³-hybridized carbons (Fsp3) is 0.524. The van der Waals surface area contributed by atoms with Crippen LogP contribution in [-0.2, 0) is 24.8 Å². The molecule has 0 aliphatic carbocycles. The van der Waals surface area contributed by atoms with Gasteiger partial charge in [-0.2, -0.15) is 5.10 Å². The van der Waals surface area contributed by atoms with E-state index in [1.807, 2.05) is 43.8 Å². The number of aryl methyl sites for hydroxylation is 2. The summed E-state index contributed by atoms with van der Waals surface area (Å²) < 4.78 is 1.82. The molecule has 27 heavy (non-hydrogen) atoms. The molecule has 0 radical (unpaired) electrons. The molecule has 2 aromatic rings. The van der Waals surface area contributed by atoms with Crippen molar-refractivity contribution in [2.24, 2.45) is 13.0 Å². The van der Waals surface area contributed by atoms with Crippen molar-refractivity contribution in [3.05, 3.63) is 52.8 Å². The fourth-order valence-corrected chi connectivity index (χ4v) is 3.96. The van der Waals surface area contributed by atoms with Crippen molar-refractivity contribution in [1.82, 2.24) is 20.0 Å². The molecule has 1 amide bonds. The predicted octanol–water partition coefficient (Wildman–Crippen LogP) is 1.58. The summed E-state index contributed by atoms with van der Waals surface area (Å²) in [5.74, 6) is 0.0664. The number of rotatable bonds is 6. The number of likely N-dealkylation sites (tertiary alicyclic amines) is 1. The van der Waals surface area contributed by atoms with Gasteiger partial charge < -0.3 is 10.4 Å². The van der Waals surface area contributed by atoms with Crippen LogP contribution in [0.3, 0.4) is 0 Å². The highest BCUT2D eigenvalue weighted by Crippen LogP contribution is 2.20. The van der Waals surface area contributed by atoms with Gasteiger partial charge in [0.15, 0.2) is 0 Å². The molecule has 1 aliphatic rings. The zero-order valence-electron chi connectivity index (χ0n) is 16.5. The molecule has 0 bridgehead atoms. The molecule has 0 unspecified atom stereocenters. The average molecular weight is 370 g/mol. The summed E-state index contributed by atoms with van der Waals surface area (Å²) in [6.45, 7) is 6.60. The Balaban J connectivity index is 1.56. The van der Waals surface area contributed by atoms with E-state index in [1.165, 1.54) is 5.56 Å². The monoisotopic (exact) mass is 370 g/mol. The fourth-order valence-electron chi connectivity index (χ4n) is 3.96. The van der Waals surface area contributed by atoms with E-state index in [1.54, 1.807) is 0 Å². The quantitative estimate of drug-likeness (QED) is 0.810. The van der Waals surface area contributed by atoms with Gasteiger partial charge in [0.1, 0.15) is 0 Å². The minimum absolute atomic E-state index is 0.00848. The second-order valence-corrected chi connectivity index (χ2v) is 7.58. The number of nitrogens with zero attached hydrogens (tertiary/aromatic N) is 3. The minimum Gasteiger partial charge on any atom is -0.396 e. The standard InChI is InChI=1S/C21H30N4O2/c1-15-19(16(2)24(3)23-15)11-21(27)22-20-9-10-25(13-18(20)14-26)12-17-7-5-4-6-8-17/h4-8,18,20,26H,9-14H2,1-3H3,(H,22,27)/t18-,20-/m0/s1. The highest BCUT2D eigenvalue weighted by atomic mass is 16.3. The Bertz CT molecular complexity index is 772. The summed E-state index contributed by atoms with van der Waals surface area (Å²) in [5, 5.41) is 17.4. The van der Waals surface area contributed by atoms with E-state index in [4.69, 9.17) is 0 Å². The van der Waals surface area contributed by atoms with Gasteiger partial charge >= 0.3 is 0 Å². The van der Waals surface area contributed by atoms with Crippen molar-refractivity contribution in [3.8, 4) is 0 Å². The lowest BCUT2D eigenvalue weighted by molar-refractivity contribution is -0.122. The lowest BCUT2D eigenvalue weighted by Gasteiger charge is -2.38. The second kappa shape index (κ2) is 8.67. The van der Waals surface area contributed by atoms with Gasteiger partial charge in [-0.1, -0.05) is 30.3 Å². The third-order valence-electron chi connectivity index (χ3n) is 5.64. The van der Waals surface area contributed by atoms with E-state index in [9.17, 15) is 9.90 Å². The Hall–Kier alpha value is -2.18. The molecule has 2 atom stereocenters. The molecule has 1 saturated heterocycles. The van der Waals surface area contributed by atoms with Gasteiger partial charge in [-0.15, -0.1) is 0 Å². The van der Waals surface area contributed by atoms with Crippen LogP contribution in [0.5, 0.6) is 0 Å². The van der Waals surface area contributed by atoms with Crippen LogP contribution in [0.25, 0.3) is 0 Å². The van der Waals surface area contributed by atoms with Gasteiger partial charge in [0, 0.05) is 56.5 Å². The van der Waals surface area contributed by atoms with Gasteiger partial charge in [-0.3, -0.25) is 14.4 Å². The maximum atomic E-state index is 12.6. The molecular formula is C21H30N4O2. The molecule has 1 fully saturated rings. The van der Waals surface area contributed by atoms with Gasteiger partial charge in [0.2, 0.25) is 5.91 Å². The number of aliphatic hydroxyl groups excluding tert-OH is 1. The molecule has 1 aromatic carbocycles. The molecule has 6 nitrogen and oxygen atoms in total. The van der Waals surface area contributed by atoms with Gasteiger partial charge in [0.05, 0.1) is 12.1 Å². The van der Waals surface area contributed by atoms with Gasteiger partial charge in [-0.05, 0) is 25.8 Å². The van der Waals surface area contributed by atoms with Crippen molar-refractivity contribution >= 4 is 5.91 Å². The third-order valence-corrected chi connectivity index (χ3v) is 5.64. The molecular weight excluding hydrogens is 340 g/mol. The van der Waals surface area contributed by atoms with Crippen LogP contribution >= 0.6 is 0 Å². The molecule has 2 heterocycles. The summed E-state index contributed by atoms with van der Waals surface area (Å²) in [6.07, 6.45) is 1.20. The summed E-state index contributed by atoms with van der Waals surface area (Å²) in [6, 6.07) is 10.4. The summed E-state index contributed by atoms with van der Waals surface area (Å²) >= 11 is 0. The average Bonchev–Trinajstić information content (AvgIpc) is 2.90. The van der Waals surface area contributed by atoms with E-state index in [-0.39, 0.29) is 24.5 Å². The van der Waals surface area contributed by atoms with Crippen LogP contribution in [0.2, 0.25) is 0 Å². The van der Waals surface area contributed by atoms with Gasteiger partial charge in [0.25, 0.3) is 0 Å². The van der Waals surface area contributed by atoms with E-state index < -0.39 is 0 Å². The smallest absolute Gasteiger partial charge is 0.224 e. The number of benzene rings is 1. The van der Waals surface area contributed by atoms with Gasteiger partial charge in [-0.25, -0.2) is 0 Å². The summed E-state index contributed by atoms with van der Waals surface area (Å²) in [7, 11) is 1.90. The lowest BCUT2D eigenvalue weighted by atomic mass is 9.92. The SMILES string of the molecule is Cc1nn(C)c(C)c1CC(=O)N[C@H]1CCN(Cc2ccccc2)C[C@H]1CO. The van der Waals surface area contributed by atoms with Crippen LogP contribution in [0.4, 0.5) is 0 Å². The zero-order valence-corrected chi connectivity index (χ0v) is 16.5. The molecule has 146 valence electrons. The highest BCUT2D eigenvalue weighted by Gasteiger charge is 2.30. The molecule has 0 spiro atoms. The first kappa shape index (κ1) is 19.6. The van der Waals surface area contributed by atoms with Crippen LogP contribution in [0.15, 0.2) is 30.3 Å². The maximum Gasteiger partial charge on any atom is 0.224 e. The first-order chi connectivity index (χ1) is 13.0. The predicted molar refractivity (Wildman–Crippen MR) is 105 cm³/mol. The number of hydrogen-bond acceptors (Lipinski definition) is 4. The molecule has 0 saturated carbocycles. The molecule has 1 aliphatic heterocycles. The number of carbonyl (C=O) groups is 1. The van der Waals surface area contributed by atoms with Crippen LogP contribution in [0, 0.1) is 19.8 Å². The zero-order chi connectivity index (χ0) is 19.4. The van der Waals surface area contributed by atoms with Crippen LogP contribution in [-0.4, -0.2) is 51.4 Å². The normalized spacial score (nSPS) is 20.6. The number of nitrogens with one attached hydrogen (secondary N) is 1. The van der Waals surface area contributed by atoms with Crippen molar-refractivity contribution in [2.45, 2.75) is 39.3 Å². The Labute approximate surface area is 161 Å². The van der Waals surface area contributed by atoms with Crippen molar-refractivity contribution in [2.75, 3.05) is 19.7 Å². The Kier molecular flexibility index (Phi) is 6.29. The number of amides is 1. The van der Waals surface area contributed by atoms with E-state index in [2.05, 4.69) is 27.4 Å². The van der Waals surface area contributed by atoms with Crippen molar-refractivity contribution in [3.63, 3.8) is 0 Å². The molecule has 3 rings (SSSR count). The number of hydrogen-bond donors (Lipinski definition) is 2. The number of aliphatic hydroxyl groups is 1. The Morgan fingerprint density at radius 3 is 2.67 bits per heavy atom. The number of piperidine rings is 1. The maximum absolute atomic E-state index is 12.6. The Morgan fingerprint density at radius 2 is 2.04 bits per heavy atom. The van der Waals surface area contributed by atoms with E-state index in [0.29, 0.717) is 6.42 Å². The number of aromatic nitrogens is 2. The minimum atomic E-state index is 0.00848. The van der Waals surface area contributed by atoms with E-state index in [0.717, 1.165) is 43.0 Å². The van der Waals surface area contributed by atoms with Crippen molar-refractivity contribution < 1.29 is 9.90 Å². The molecule has 1 aromatic heterocycles. The van der Waals surface area contributed by atoms with Crippen LogP contribution in [0.1, 0.15) is 28.9 Å². The second-order valence-electron chi connectivity index (χ2n) is 7.58. The summed E-state index contributed by atoms with van der Waals surface area (Å²) in [4.78, 5) is 14.9. The topological polar surface area (TPSA) is 70.4 Å². The third kappa shape index (κ3) is 4.76.